The summed E-state index contributed by atoms with van der Waals surface area (Å²) in [6, 6.07) is 2.03. The summed E-state index contributed by atoms with van der Waals surface area (Å²) < 4.78 is 5.51. The van der Waals surface area contributed by atoms with E-state index in [1.807, 2.05) is 6.07 Å². The SMILES string of the molecule is COCC12CCC(c3cc(Cl)nnc31)C21CC1. The summed E-state index contributed by atoms with van der Waals surface area (Å²) in [6.45, 7) is 0.785. The number of rotatable bonds is 2. The van der Waals surface area contributed by atoms with Crippen molar-refractivity contribution in [2.24, 2.45) is 5.41 Å². The minimum atomic E-state index is 0.138. The molecular weight excluding hydrogens is 236 g/mol. The molecule has 0 amide bonds. The first-order valence-electron chi connectivity index (χ1n) is 6.26. The Kier molecular flexibility index (Phi) is 1.82. The van der Waals surface area contributed by atoms with E-state index >= 15 is 0 Å². The number of aromatic nitrogens is 2. The van der Waals surface area contributed by atoms with Gasteiger partial charge in [-0.3, -0.25) is 0 Å². The van der Waals surface area contributed by atoms with Crippen LogP contribution in [-0.2, 0) is 10.2 Å². The molecule has 0 aromatic carbocycles. The molecule has 2 atom stereocenters. The van der Waals surface area contributed by atoms with Crippen LogP contribution in [0, 0.1) is 5.41 Å². The van der Waals surface area contributed by atoms with E-state index in [-0.39, 0.29) is 5.41 Å². The third-order valence-electron chi connectivity index (χ3n) is 5.28. The van der Waals surface area contributed by atoms with Crippen LogP contribution in [0.3, 0.4) is 0 Å². The zero-order valence-electron chi connectivity index (χ0n) is 9.87. The summed E-state index contributed by atoms with van der Waals surface area (Å²) in [6.07, 6.45) is 5.09. The van der Waals surface area contributed by atoms with Gasteiger partial charge in [-0.25, -0.2) is 0 Å². The molecule has 2 unspecified atom stereocenters. The van der Waals surface area contributed by atoms with Crippen LogP contribution in [0.2, 0.25) is 5.15 Å². The first-order valence-corrected chi connectivity index (χ1v) is 6.64. The number of nitrogens with zero attached hydrogens (tertiary/aromatic N) is 2. The molecule has 3 aliphatic carbocycles. The zero-order chi connectivity index (χ0) is 11.7. The highest BCUT2D eigenvalue weighted by molar-refractivity contribution is 6.29. The van der Waals surface area contributed by atoms with Crippen molar-refractivity contribution >= 4 is 11.6 Å². The van der Waals surface area contributed by atoms with E-state index in [1.165, 1.54) is 36.9 Å². The zero-order valence-corrected chi connectivity index (χ0v) is 10.6. The van der Waals surface area contributed by atoms with Gasteiger partial charge in [0.15, 0.2) is 5.15 Å². The highest BCUT2D eigenvalue weighted by Gasteiger charge is 2.73. The highest BCUT2D eigenvalue weighted by Crippen LogP contribution is 2.78. The molecule has 90 valence electrons. The number of hydrogen-bond acceptors (Lipinski definition) is 3. The Hall–Kier alpha value is -0.670. The number of halogens is 1. The van der Waals surface area contributed by atoms with Gasteiger partial charge in [0.25, 0.3) is 0 Å². The number of ether oxygens (including phenoxy) is 1. The molecular formula is C13H15ClN2O. The van der Waals surface area contributed by atoms with Gasteiger partial charge in [-0.15, -0.1) is 5.10 Å². The Bertz CT molecular complexity index is 500. The van der Waals surface area contributed by atoms with Crippen LogP contribution < -0.4 is 0 Å². The van der Waals surface area contributed by atoms with Gasteiger partial charge in [0, 0.05) is 12.5 Å². The van der Waals surface area contributed by atoms with Gasteiger partial charge in [0.05, 0.1) is 12.3 Å². The van der Waals surface area contributed by atoms with E-state index in [1.54, 1.807) is 7.11 Å². The van der Waals surface area contributed by atoms with Crippen LogP contribution in [-0.4, -0.2) is 23.9 Å². The Balaban J connectivity index is 1.94. The van der Waals surface area contributed by atoms with Crippen LogP contribution in [0.25, 0.3) is 0 Å². The lowest BCUT2D eigenvalue weighted by molar-refractivity contribution is 0.0982. The van der Waals surface area contributed by atoms with Gasteiger partial charge in [0.2, 0.25) is 0 Å². The lowest BCUT2D eigenvalue weighted by Crippen LogP contribution is -2.35. The molecule has 3 nitrogen and oxygen atoms in total. The Morgan fingerprint density at radius 3 is 2.94 bits per heavy atom. The molecule has 1 spiro atoms. The first-order chi connectivity index (χ1) is 8.23. The summed E-state index contributed by atoms with van der Waals surface area (Å²) in [5.74, 6) is 0.653. The van der Waals surface area contributed by atoms with Crippen molar-refractivity contribution in [3.63, 3.8) is 0 Å². The normalized spacial score (nSPS) is 35.3. The summed E-state index contributed by atoms with van der Waals surface area (Å²) in [4.78, 5) is 0. The Morgan fingerprint density at radius 2 is 2.24 bits per heavy atom. The molecule has 0 aliphatic heterocycles. The van der Waals surface area contributed by atoms with E-state index in [2.05, 4.69) is 10.2 Å². The number of hydrogen-bond donors (Lipinski definition) is 0. The second-order valence-corrected chi connectivity index (χ2v) is 6.12. The van der Waals surface area contributed by atoms with Crippen LogP contribution in [0.5, 0.6) is 0 Å². The van der Waals surface area contributed by atoms with E-state index < -0.39 is 0 Å². The topological polar surface area (TPSA) is 35.0 Å². The summed E-state index contributed by atoms with van der Waals surface area (Å²) >= 11 is 5.99. The van der Waals surface area contributed by atoms with Crippen molar-refractivity contribution in [1.29, 1.82) is 0 Å². The molecule has 2 bridgehead atoms. The lowest BCUT2D eigenvalue weighted by atomic mass is 9.76. The molecule has 0 radical (unpaired) electrons. The number of methoxy groups -OCH3 is 1. The molecule has 4 rings (SSSR count). The van der Waals surface area contributed by atoms with E-state index in [9.17, 15) is 0 Å². The van der Waals surface area contributed by atoms with Crippen LogP contribution in [0.4, 0.5) is 0 Å². The molecule has 17 heavy (non-hydrogen) atoms. The van der Waals surface area contributed by atoms with Crippen molar-refractivity contribution in [2.45, 2.75) is 37.0 Å². The third kappa shape index (κ3) is 0.995. The van der Waals surface area contributed by atoms with Crippen molar-refractivity contribution in [3.05, 3.63) is 22.5 Å². The highest BCUT2D eigenvalue weighted by atomic mass is 35.5. The minimum absolute atomic E-state index is 0.138. The van der Waals surface area contributed by atoms with E-state index in [0.717, 1.165) is 6.61 Å². The fraction of sp³-hybridized carbons (Fsp3) is 0.692. The van der Waals surface area contributed by atoms with E-state index in [0.29, 0.717) is 16.5 Å². The largest absolute Gasteiger partial charge is 0.384 e. The monoisotopic (exact) mass is 250 g/mol. The average molecular weight is 251 g/mol. The molecule has 3 aliphatic rings. The minimum Gasteiger partial charge on any atom is -0.384 e. The quantitative estimate of drug-likeness (QED) is 0.810. The van der Waals surface area contributed by atoms with Crippen LogP contribution in [0.1, 0.15) is 42.9 Å². The maximum atomic E-state index is 5.99. The van der Waals surface area contributed by atoms with Gasteiger partial charge in [-0.05, 0) is 48.6 Å². The summed E-state index contributed by atoms with van der Waals surface area (Å²) in [5.41, 5.74) is 3.10. The Labute approximate surface area is 106 Å². The number of fused-ring (bicyclic) bond motifs is 3. The van der Waals surface area contributed by atoms with Gasteiger partial charge in [-0.2, -0.15) is 5.10 Å². The average Bonchev–Trinajstić information content (AvgIpc) is 3.00. The molecule has 0 N–H and O–H groups in total. The predicted molar refractivity (Wildman–Crippen MR) is 64.2 cm³/mol. The van der Waals surface area contributed by atoms with Gasteiger partial charge in [-0.1, -0.05) is 11.6 Å². The van der Waals surface area contributed by atoms with Crippen LogP contribution in [0.15, 0.2) is 6.07 Å². The predicted octanol–water partition coefficient (Wildman–Crippen LogP) is 2.69. The van der Waals surface area contributed by atoms with Gasteiger partial charge < -0.3 is 4.74 Å². The molecule has 2 fully saturated rings. The molecule has 1 aromatic heterocycles. The third-order valence-corrected chi connectivity index (χ3v) is 5.47. The Morgan fingerprint density at radius 1 is 1.41 bits per heavy atom. The lowest BCUT2D eigenvalue weighted by Gasteiger charge is -2.31. The van der Waals surface area contributed by atoms with Crippen molar-refractivity contribution < 1.29 is 4.74 Å². The summed E-state index contributed by atoms with van der Waals surface area (Å²) in [7, 11) is 1.79. The first kappa shape index (κ1) is 10.3. The van der Waals surface area contributed by atoms with Crippen molar-refractivity contribution in [1.82, 2.24) is 10.2 Å². The fourth-order valence-corrected chi connectivity index (χ4v) is 4.72. The molecule has 0 saturated heterocycles. The fourth-order valence-electron chi connectivity index (χ4n) is 4.57. The smallest absolute Gasteiger partial charge is 0.152 e. The summed E-state index contributed by atoms with van der Waals surface area (Å²) in [5, 5.41) is 8.98. The maximum absolute atomic E-state index is 5.99. The van der Waals surface area contributed by atoms with Gasteiger partial charge in [0.1, 0.15) is 0 Å². The molecule has 4 heteroatoms. The van der Waals surface area contributed by atoms with Crippen molar-refractivity contribution in [2.75, 3.05) is 13.7 Å². The van der Waals surface area contributed by atoms with Crippen molar-refractivity contribution in [3.8, 4) is 0 Å². The van der Waals surface area contributed by atoms with E-state index in [4.69, 9.17) is 16.3 Å². The second kappa shape index (κ2) is 3.01. The molecule has 1 heterocycles. The standard InChI is InChI=1S/C13H15ClN2O/c1-17-7-13-3-2-9(12(13)4-5-12)8-6-10(14)15-16-11(8)13/h6,9H,2-5,7H2,1H3. The second-order valence-electron chi connectivity index (χ2n) is 5.73. The maximum Gasteiger partial charge on any atom is 0.152 e. The van der Waals surface area contributed by atoms with Gasteiger partial charge >= 0.3 is 0 Å². The molecule has 2 saturated carbocycles. The van der Waals surface area contributed by atoms with Crippen LogP contribution >= 0.6 is 11.6 Å². The molecule has 1 aromatic rings.